The number of aliphatic hydroxyl groups excluding tert-OH is 1. The Kier molecular flexibility index (Phi) is 2.72. The largest absolute Gasteiger partial charge is 0.467 e. The highest BCUT2D eigenvalue weighted by atomic mass is 16.5. The minimum Gasteiger partial charge on any atom is -0.467 e. The van der Waals surface area contributed by atoms with Crippen LogP contribution in [0.3, 0.4) is 0 Å². The second kappa shape index (κ2) is 4.40. The first-order valence-electron chi connectivity index (χ1n) is 5.97. The van der Waals surface area contributed by atoms with Gasteiger partial charge in [0.2, 0.25) is 0 Å². The van der Waals surface area contributed by atoms with E-state index < -0.39 is 12.1 Å². The Morgan fingerprint density at radius 2 is 1.89 bits per heavy atom. The predicted octanol–water partition coefficient (Wildman–Crippen LogP) is 2.53. The van der Waals surface area contributed by atoms with E-state index in [4.69, 9.17) is 0 Å². The third-order valence-electron chi connectivity index (χ3n) is 3.27. The zero-order valence-electron chi connectivity index (χ0n) is 10.4. The number of para-hydroxylation sites is 1. The minimum atomic E-state index is -1.25. The summed E-state index contributed by atoms with van der Waals surface area (Å²) in [6.45, 7) is 0. The van der Waals surface area contributed by atoms with Crippen molar-refractivity contribution in [2.75, 3.05) is 7.11 Å². The Labute approximate surface area is 109 Å². The summed E-state index contributed by atoms with van der Waals surface area (Å²) in [5.41, 5.74) is 2.54. The molecule has 3 rings (SSSR count). The van der Waals surface area contributed by atoms with E-state index in [9.17, 15) is 9.90 Å². The van der Waals surface area contributed by atoms with Crippen molar-refractivity contribution in [2.24, 2.45) is 0 Å². The Bertz CT molecular complexity index is 760. The Balaban J connectivity index is 2.19. The third-order valence-corrected chi connectivity index (χ3v) is 3.27. The lowest BCUT2D eigenvalue weighted by Crippen LogP contribution is -2.13. The lowest BCUT2D eigenvalue weighted by Gasteiger charge is -2.08. The van der Waals surface area contributed by atoms with Gasteiger partial charge in [0.1, 0.15) is 0 Å². The normalized spacial score (nSPS) is 12.7. The Morgan fingerprint density at radius 1 is 1.16 bits per heavy atom. The smallest absolute Gasteiger partial charge is 0.339 e. The number of methoxy groups -OCH3 is 1. The molecule has 0 bridgehead atoms. The number of hydrogen-bond acceptors (Lipinski definition) is 3. The SMILES string of the molecule is COC(=O)C(O)c1ccc2[nH]c3ccccc3c2c1. The Morgan fingerprint density at radius 3 is 2.68 bits per heavy atom. The van der Waals surface area contributed by atoms with E-state index in [-0.39, 0.29) is 0 Å². The number of benzene rings is 2. The number of esters is 1. The van der Waals surface area contributed by atoms with Crippen LogP contribution in [-0.2, 0) is 9.53 Å². The van der Waals surface area contributed by atoms with Gasteiger partial charge in [0, 0.05) is 21.8 Å². The number of ether oxygens (including phenoxy) is 1. The highest BCUT2D eigenvalue weighted by molar-refractivity contribution is 6.07. The number of rotatable bonds is 2. The first-order chi connectivity index (χ1) is 9.20. The number of nitrogens with one attached hydrogen (secondary N) is 1. The van der Waals surface area contributed by atoms with Crippen LogP contribution in [0.15, 0.2) is 42.5 Å². The number of fused-ring (bicyclic) bond motifs is 3. The summed E-state index contributed by atoms with van der Waals surface area (Å²) in [7, 11) is 1.26. The van der Waals surface area contributed by atoms with Crippen molar-refractivity contribution in [1.82, 2.24) is 4.98 Å². The number of H-pyrrole nitrogens is 1. The van der Waals surface area contributed by atoms with Crippen molar-refractivity contribution in [3.63, 3.8) is 0 Å². The minimum absolute atomic E-state index is 0.532. The molecular weight excluding hydrogens is 242 g/mol. The first-order valence-corrected chi connectivity index (χ1v) is 5.97. The van der Waals surface area contributed by atoms with Crippen LogP contribution in [0.4, 0.5) is 0 Å². The second-order valence-electron chi connectivity index (χ2n) is 4.40. The summed E-state index contributed by atoms with van der Waals surface area (Å²) in [6, 6.07) is 13.3. The van der Waals surface area contributed by atoms with Gasteiger partial charge in [-0.25, -0.2) is 4.79 Å². The summed E-state index contributed by atoms with van der Waals surface area (Å²) in [6.07, 6.45) is -1.25. The molecule has 0 aliphatic heterocycles. The highest BCUT2D eigenvalue weighted by Crippen LogP contribution is 2.28. The molecule has 4 heteroatoms. The predicted molar refractivity (Wildman–Crippen MR) is 72.8 cm³/mol. The molecule has 0 radical (unpaired) electrons. The third kappa shape index (κ3) is 1.86. The molecule has 0 spiro atoms. The lowest BCUT2D eigenvalue weighted by molar-refractivity contribution is -0.150. The van der Waals surface area contributed by atoms with Crippen LogP contribution in [0.2, 0.25) is 0 Å². The summed E-state index contributed by atoms with van der Waals surface area (Å²) in [5, 5.41) is 11.9. The molecule has 1 unspecified atom stereocenters. The average molecular weight is 255 g/mol. The number of aromatic nitrogens is 1. The molecule has 0 fully saturated rings. The number of aliphatic hydroxyl groups is 1. The maximum atomic E-state index is 11.4. The van der Waals surface area contributed by atoms with Crippen molar-refractivity contribution in [3.8, 4) is 0 Å². The standard InChI is InChI=1S/C15H13NO3/c1-19-15(18)14(17)9-6-7-13-11(8-9)10-4-2-3-5-12(10)16-13/h2-8,14,16-17H,1H3. The molecule has 0 saturated heterocycles. The van der Waals surface area contributed by atoms with E-state index in [0.29, 0.717) is 5.56 Å². The molecule has 4 nitrogen and oxygen atoms in total. The van der Waals surface area contributed by atoms with E-state index in [1.165, 1.54) is 7.11 Å². The van der Waals surface area contributed by atoms with Gasteiger partial charge in [-0.1, -0.05) is 24.3 Å². The fraction of sp³-hybridized carbons (Fsp3) is 0.133. The fourth-order valence-corrected chi connectivity index (χ4v) is 2.28. The van der Waals surface area contributed by atoms with Gasteiger partial charge in [-0.2, -0.15) is 0 Å². The van der Waals surface area contributed by atoms with Gasteiger partial charge in [-0.3, -0.25) is 0 Å². The molecule has 2 aromatic carbocycles. The van der Waals surface area contributed by atoms with Gasteiger partial charge >= 0.3 is 5.97 Å². The molecule has 2 N–H and O–H groups in total. The summed E-state index contributed by atoms with van der Waals surface area (Å²) in [5.74, 6) is -0.654. The number of aromatic amines is 1. The molecule has 0 amide bonds. The summed E-state index contributed by atoms with van der Waals surface area (Å²) in [4.78, 5) is 14.7. The van der Waals surface area contributed by atoms with Crippen molar-refractivity contribution < 1.29 is 14.6 Å². The number of carbonyl (C=O) groups is 1. The van der Waals surface area contributed by atoms with E-state index in [1.54, 1.807) is 6.07 Å². The monoisotopic (exact) mass is 255 g/mol. The molecule has 3 aromatic rings. The van der Waals surface area contributed by atoms with Gasteiger partial charge in [0.25, 0.3) is 0 Å². The van der Waals surface area contributed by atoms with Crippen molar-refractivity contribution in [2.45, 2.75) is 6.10 Å². The van der Waals surface area contributed by atoms with Crippen LogP contribution < -0.4 is 0 Å². The van der Waals surface area contributed by atoms with Crippen LogP contribution in [0.5, 0.6) is 0 Å². The second-order valence-corrected chi connectivity index (χ2v) is 4.40. The summed E-state index contributed by atoms with van der Waals surface area (Å²) >= 11 is 0. The molecule has 19 heavy (non-hydrogen) atoms. The zero-order valence-corrected chi connectivity index (χ0v) is 10.4. The molecule has 96 valence electrons. The topological polar surface area (TPSA) is 62.3 Å². The van der Waals surface area contributed by atoms with Gasteiger partial charge in [0.15, 0.2) is 6.10 Å². The first kappa shape index (κ1) is 11.7. The van der Waals surface area contributed by atoms with E-state index in [2.05, 4.69) is 9.72 Å². The van der Waals surface area contributed by atoms with Crippen LogP contribution in [0, 0.1) is 0 Å². The quantitative estimate of drug-likeness (QED) is 0.692. The average Bonchev–Trinajstić information content (AvgIpc) is 2.83. The van der Waals surface area contributed by atoms with Gasteiger partial charge in [-0.05, 0) is 23.8 Å². The fourth-order valence-electron chi connectivity index (χ4n) is 2.28. The molecular formula is C15H13NO3. The van der Waals surface area contributed by atoms with Gasteiger partial charge in [0.05, 0.1) is 7.11 Å². The van der Waals surface area contributed by atoms with Crippen LogP contribution in [0.25, 0.3) is 21.8 Å². The van der Waals surface area contributed by atoms with Gasteiger partial charge in [-0.15, -0.1) is 0 Å². The Hall–Kier alpha value is -2.33. The van der Waals surface area contributed by atoms with Crippen LogP contribution >= 0.6 is 0 Å². The van der Waals surface area contributed by atoms with E-state index in [1.807, 2.05) is 36.4 Å². The highest BCUT2D eigenvalue weighted by Gasteiger charge is 2.18. The van der Waals surface area contributed by atoms with Crippen molar-refractivity contribution >= 4 is 27.8 Å². The van der Waals surface area contributed by atoms with E-state index in [0.717, 1.165) is 21.8 Å². The molecule has 1 heterocycles. The molecule has 0 saturated carbocycles. The summed E-state index contributed by atoms with van der Waals surface area (Å²) < 4.78 is 4.55. The number of hydrogen-bond donors (Lipinski definition) is 2. The van der Waals surface area contributed by atoms with E-state index >= 15 is 0 Å². The maximum absolute atomic E-state index is 11.4. The molecule has 1 atom stereocenters. The van der Waals surface area contributed by atoms with Crippen molar-refractivity contribution in [1.29, 1.82) is 0 Å². The maximum Gasteiger partial charge on any atom is 0.339 e. The van der Waals surface area contributed by atoms with Crippen LogP contribution in [-0.4, -0.2) is 23.2 Å². The molecule has 0 aliphatic rings. The van der Waals surface area contributed by atoms with Gasteiger partial charge < -0.3 is 14.8 Å². The van der Waals surface area contributed by atoms with Crippen molar-refractivity contribution in [3.05, 3.63) is 48.0 Å². The number of carbonyl (C=O) groups excluding carboxylic acids is 1. The van der Waals surface area contributed by atoms with Crippen LogP contribution in [0.1, 0.15) is 11.7 Å². The lowest BCUT2D eigenvalue weighted by atomic mass is 10.1. The molecule has 0 aliphatic carbocycles. The molecule has 1 aromatic heterocycles. The zero-order chi connectivity index (χ0) is 13.4.